The van der Waals surface area contributed by atoms with Crippen LogP contribution in [0, 0.1) is 0 Å². The molecule has 1 amide bonds. The van der Waals surface area contributed by atoms with Gasteiger partial charge in [0.05, 0.1) is 18.4 Å². The van der Waals surface area contributed by atoms with Crippen LogP contribution in [0.5, 0.6) is 0 Å². The van der Waals surface area contributed by atoms with Gasteiger partial charge in [0.2, 0.25) is 5.95 Å². The van der Waals surface area contributed by atoms with Crippen molar-refractivity contribution in [3.05, 3.63) is 52.1 Å². The molecule has 2 aromatic heterocycles. The Morgan fingerprint density at radius 1 is 1.08 bits per heavy atom. The molecule has 0 bridgehead atoms. The number of hydrogen-bond acceptors (Lipinski definition) is 11. The number of aromatic amines is 1. The van der Waals surface area contributed by atoms with Crippen molar-refractivity contribution in [1.29, 1.82) is 0 Å². The van der Waals surface area contributed by atoms with E-state index in [1.165, 1.54) is 30.5 Å². The maximum absolute atomic E-state index is 12.4. The summed E-state index contributed by atoms with van der Waals surface area (Å²) in [6.07, 6.45) is 0.304. The Balaban J connectivity index is 1.66. The van der Waals surface area contributed by atoms with Crippen molar-refractivity contribution < 1.29 is 37.6 Å². The Morgan fingerprint density at radius 3 is 2.33 bits per heavy atom. The van der Waals surface area contributed by atoms with Crippen molar-refractivity contribution in [3.8, 4) is 0 Å². The Labute approximate surface area is 201 Å². The second-order valence-corrected chi connectivity index (χ2v) is 8.96. The number of hydrogen-bond donors (Lipinski definition) is 7. The van der Waals surface area contributed by atoms with Gasteiger partial charge in [0.25, 0.3) is 21.6 Å². The number of nitrogens with one attached hydrogen (secondary N) is 3. The summed E-state index contributed by atoms with van der Waals surface area (Å²) >= 11 is 0. The average molecular weight is 521 g/mol. The van der Waals surface area contributed by atoms with Gasteiger partial charge in [-0.2, -0.15) is 13.4 Å². The summed E-state index contributed by atoms with van der Waals surface area (Å²) in [5, 5.41) is 20.8. The van der Waals surface area contributed by atoms with Crippen LogP contribution in [0.1, 0.15) is 22.5 Å². The molecule has 16 nitrogen and oxygen atoms in total. The Kier molecular flexibility index (Phi) is 7.45. The number of nitrogens with zero attached hydrogens (tertiary/aromatic N) is 3. The summed E-state index contributed by atoms with van der Waals surface area (Å²) < 4.78 is 31.4. The van der Waals surface area contributed by atoms with Crippen molar-refractivity contribution in [3.63, 3.8) is 0 Å². The largest absolute Gasteiger partial charge is 0.480 e. The monoisotopic (exact) mass is 521 g/mol. The molecular weight excluding hydrogens is 502 g/mol. The van der Waals surface area contributed by atoms with Crippen LogP contribution in [-0.4, -0.2) is 72.3 Å². The highest BCUT2D eigenvalue weighted by Gasteiger charge is 2.36. The molecule has 0 aliphatic carbocycles. The third-order valence-electron chi connectivity index (χ3n) is 4.80. The number of rotatable bonds is 10. The van der Waals surface area contributed by atoms with E-state index in [0.29, 0.717) is 11.4 Å². The van der Waals surface area contributed by atoms with Gasteiger partial charge in [0.1, 0.15) is 6.04 Å². The molecule has 1 aromatic carbocycles. The summed E-state index contributed by atoms with van der Waals surface area (Å²) in [7, 11) is -5.10. The minimum absolute atomic E-state index is 0.00244. The minimum atomic E-state index is -5.10. The number of H-pyrrole nitrogens is 1. The van der Waals surface area contributed by atoms with Crippen LogP contribution in [0.3, 0.4) is 0 Å². The van der Waals surface area contributed by atoms with Gasteiger partial charge in [-0.05, 0) is 24.3 Å². The summed E-state index contributed by atoms with van der Waals surface area (Å²) in [5.41, 5.74) is 5.91. The Hall–Kier alpha value is -4.64. The van der Waals surface area contributed by atoms with Gasteiger partial charge in [-0.1, -0.05) is 0 Å². The highest BCUT2D eigenvalue weighted by molar-refractivity contribution is 7.87. The lowest BCUT2D eigenvalue weighted by Gasteiger charge is -2.17. The van der Waals surface area contributed by atoms with E-state index in [1.54, 1.807) is 0 Å². The number of aliphatic carboxylic acids is 2. The second-order valence-electron chi connectivity index (χ2n) is 7.36. The summed E-state index contributed by atoms with van der Waals surface area (Å²) in [6.45, 7) is 0.144. The minimum Gasteiger partial charge on any atom is -0.480 e. The zero-order chi connectivity index (χ0) is 26.6. The van der Waals surface area contributed by atoms with Crippen molar-refractivity contribution in [1.82, 2.24) is 25.3 Å². The normalized spacial score (nSPS) is 13.0. The maximum Gasteiger partial charge on any atom is 0.326 e. The van der Waals surface area contributed by atoms with Gasteiger partial charge >= 0.3 is 11.9 Å². The van der Waals surface area contributed by atoms with Crippen LogP contribution >= 0.6 is 0 Å². The number of carbonyl (C=O) groups is 3. The lowest BCUT2D eigenvalue weighted by Crippen LogP contribution is -2.46. The molecular formula is C19H19N7O9S. The molecule has 0 aliphatic heterocycles. The molecule has 0 saturated carbocycles. The number of nitrogen functional groups attached to an aromatic ring is 1. The first-order valence-corrected chi connectivity index (χ1v) is 11.4. The molecule has 190 valence electrons. The van der Waals surface area contributed by atoms with E-state index in [0.717, 1.165) is 0 Å². The number of carboxylic acids is 2. The smallest absolute Gasteiger partial charge is 0.326 e. The molecule has 36 heavy (non-hydrogen) atoms. The Bertz CT molecular complexity index is 1490. The van der Waals surface area contributed by atoms with Gasteiger partial charge in [-0.15, -0.1) is 0 Å². The zero-order valence-corrected chi connectivity index (χ0v) is 18.9. The summed E-state index contributed by atoms with van der Waals surface area (Å²) in [4.78, 5) is 61.2. The van der Waals surface area contributed by atoms with Crippen LogP contribution in [-0.2, 0) is 26.3 Å². The fourth-order valence-electron chi connectivity index (χ4n) is 3.02. The van der Waals surface area contributed by atoms with Crippen molar-refractivity contribution in [2.45, 2.75) is 24.3 Å². The van der Waals surface area contributed by atoms with Crippen LogP contribution in [0.15, 0.2) is 35.3 Å². The third kappa shape index (κ3) is 6.27. The van der Waals surface area contributed by atoms with Gasteiger partial charge in [-0.3, -0.25) is 23.9 Å². The molecule has 17 heteroatoms. The number of carbonyl (C=O) groups excluding carboxylic acids is 1. The molecule has 0 fully saturated rings. The molecule has 3 aromatic rings. The average Bonchev–Trinajstić information content (AvgIpc) is 2.79. The number of benzene rings is 1. The van der Waals surface area contributed by atoms with Crippen LogP contribution in [0.25, 0.3) is 11.2 Å². The first kappa shape index (κ1) is 26.0. The predicted molar refractivity (Wildman–Crippen MR) is 123 cm³/mol. The molecule has 3 rings (SSSR count). The molecule has 2 heterocycles. The quantitative estimate of drug-likeness (QED) is 0.155. The van der Waals surface area contributed by atoms with Crippen LogP contribution in [0.2, 0.25) is 0 Å². The standard InChI is InChI=1S/C19H19N7O9S/c20-19-25-14-13(16(28)26-19)23-10(7-22-14)6-21-9-3-1-8(2-4-9)15(27)24-11(17(29)30)5-12(18(31)32)36(33,34)35/h1-4,7,11-12,21H,5-6H2,(H,24,27)(H,29,30)(H,31,32)(H,33,34,35)(H3,20,22,25,26,28)/t11-,12?/m0/s1. The topological polar surface area (TPSA) is 268 Å². The van der Waals surface area contributed by atoms with Crippen molar-refractivity contribution >= 4 is 50.8 Å². The van der Waals surface area contributed by atoms with Crippen molar-refractivity contribution in [2.24, 2.45) is 0 Å². The SMILES string of the molecule is Nc1nc2ncc(CNc3ccc(C(=O)N[C@@H](CC(C(=O)O)S(=O)(=O)O)C(=O)O)cc3)nc2c(=O)[nH]1. The molecule has 0 aliphatic rings. The Morgan fingerprint density at radius 2 is 1.75 bits per heavy atom. The second kappa shape index (κ2) is 10.3. The first-order chi connectivity index (χ1) is 16.8. The number of aromatic nitrogens is 4. The van der Waals surface area contributed by atoms with Gasteiger partial charge in [-0.25, -0.2) is 14.8 Å². The van der Waals surface area contributed by atoms with Crippen LogP contribution in [0.4, 0.5) is 11.6 Å². The molecule has 0 radical (unpaired) electrons. The predicted octanol–water partition coefficient (Wildman–Crippen LogP) is -1.18. The molecule has 8 N–H and O–H groups in total. The zero-order valence-electron chi connectivity index (χ0n) is 18.1. The molecule has 2 atom stereocenters. The number of fused-ring (bicyclic) bond motifs is 1. The fourth-order valence-corrected chi connectivity index (χ4v) is 3.71. The lowest BCUT2D eigenvalue weighted by atomic mass is 10.1. The van der Waals surface area contributed by atoms with Crippen LogP contribution < -0.4 is 21.9 Å². The highest BCUT2D eigenvalue weighted by Crippen LogP contribution is 2.13. The van der Waals surface area contributed by atoms with E-state index in [1.807, 2.05) is 5.32 Å². The van der Waals surface area contributed by atoms with E-state index in [9.17, 15) is 32.7 Å². The third-order valence-corrected chi connectivity index (χ3v) is 5.91. The molecule has 0 saturated heterocycles. The lowest BCUT2D eigenvalue weighted by molar-refractivity contribution is -0.140. The maximum atomic E-state index is 12.4. The summed E-state index contributed by atoms with van der Waals surface area (Å²) in [5.74, 6) is -4.66. The number of carboxylic acid groups (broad SMARTS) is 2. The van der Waals surface area contributed by atoms with Crippen molar-refractivity contribution in [2.75, 3.05) is 11.1 Å². The fraction of sp³-hybridized carbons (Fsp3) is 0.211. The van der Waals surface area contributed by atoms with E-state index in [4.69, 9.17) is 15.4 Å². The van der Waals surface area contributed by atoms with Gasteiger partial charge in [0, 0.05) is 17.7 Å². The number of amides is 1. The van der Waals surface area contributed by atoms with E-state index in [-0.39, 0.29) is 29.2 Å². The van der Waals surface area contributed by atoms with Gasteiger partial charge < -0.3 is 26.6 Å². The van der Waals surface area contributed by atoms with E-state index in [2.05, 4.69) is 25.3 Å². The molecule has 0 spiro atoms. The molecule has 1 unspecified atom stereocenters. The number of anilines is 2. The van der Waals surface area contributed by atoms with Gasteiger partial charge in [0.15, 0.2) is 16.4 Å². The summed E-state index contributed by atoms with van der Waals surface area (Å²) in [6, 6.07) is 3.71. The van der Waals surface area contributed by atoms with E-state index >= 15 is 0 Å². The van der Waals surface area contributed by atoms with E-state index < -0.39 is 51.2 Å². The first-order valence-electron chi connectivity index (χ1n) is 9.93. The highest BCUT2D eigenvalue weighted by atomic mass is 32.2. The number of nitrogens with two attached hydrogens (primary N) is 1.